The van der Waals surface area contributed by atoms with E-state index in [4.69, 9.17) is 4.74 Å². The zero-order chi connectivity index (χ0) is 15.1. The van der Waals surface area contributed by atoms with Gasteiger partial charge in [-0.2, -0.15) is 0 Å². The highest BCUT2D eigenvalue weighted by Crippen LogP contribution is 2.25. The molecule has 2 nitrogen and oxygen atoms in total. The number of nitrogens with zero attached hydrogens (tertiary/aromatic N) is 1. The van der Waals surface area contributed by atoms with Gasteiger partial charge >= 0.3 is 0 Å². The molecule has 0 radical (unpaired) electrons. The molecular weight excluding hydrogens is 394 g/mol. The van der Waals surface area contributed by atoms with E-state index >= 15 is 0 Å². The van der Waals surface area contributed by atoms with Crippen molar-refractivity contribution in [3.63, 3.8) is 0 Å². The normalized spacial score (nSPS) is 10.9. The Balaban J connectivity index is 2.14. The van der Waals surface area contributed by atoms with E-state index < -0.39 is 0 Å². The predicted molar refractivity (Wildman–Crippen MR) is 95.0 cm³/mol. The smallest absolute Gasteiger partial charge is 0.123 e. The van der Waals surface area contributed by atoms with Crippen LogP contribution in [0.5, 0.6) is 5.75 Å². The molecule has 2 aromatic rings. The number of methoxy groups -OCH3 is 1. The second kappa shape index (κ2) is 8.57. The number of rotatable bonds is 7. The summed E-state index contributed by atoms with van der Waals surface area (Å²) in [4.78, 5) is 2.41. The van der Waals surface area contributed by atoms with Crippen molar-refractivity contribution in [3.8, 4) is 5.75 Å². The van der Waals surface area contributed by atoms with Crippen molar-refractivity contribution in [1.82, 2.24) is 4.90 Å². The molecule has 2 aromatic carbocycles. The van der Waals surface area contributed by atoms with E-state index in [1.54, 1.807) is 7.11 Å². The summed E-state index contributed by atoms with van der Waals surface area (Å²) < 4.78 is 6.55. The first-order valence-corrected chi connectivity index (χ1v) is 8.79. The van der Waals surface area contributed by atoms with Crippen molar-refractivity contribution in [2.24, 2.45) is 0 Å². The van der Waals surface area contributed by atoms with Gasteiger partial charge in [-0.1, -0.05) is 62.2 Å². The van der Waals surface area contributed by atoms with Crippen LogP contribution < -0.4 is 4.74 Å². The maximum absolute atomic E-state index is 5.47. The van der Waals surface area contributed by atoms with Crippen molar-refractivity contribution in [3.05, 3.63) is 64.1 Å². The van der Waals surface area contributed by atoms with Crippen LogP contribution >= 0.6 is 31.9 Å². The number of benzene rings is 2. The van der Waals surface area contributed by atoms with E-state index in [0.717, 1.165) is 35.2 Å². The molecule has 0 aromatic heterocycles. The van der Waals surface area contributed by atoms with Gasteiger partial charge < -0.3 is 4.74 Å². The zero-order valence-electron chi connectivity index (χ0n) is 12.1. The van der Waals surface area contributed by atoms with E-state index in [1.165, 1.54) is 11.1 Å². The minimum atomic E-state index is 0.864. The van der Waals surface area contributed by atoms with Crippen molar-refractivity contribution in [1.29, 1.82) is 0 Å². The summed E-state index contributed by atoms with van der Waals surface area (Å²) >= 11 is 7.08. The molecule has 0 aliphatic rings. The summed E-state index contributed by atoms with van der Waals surface area (Å²) in [5.74, 6) is 0.936. The van der Waals surface area contributed by atoms with Crippen LogP contribution in [0.3, 0.4) is 0 Å². The van der Waals surface area contributed by atoms with E-state index in [2.05, 4.69) is 73.2 Å². The molecule has 0 amide bonds. The van der Waals surface area contributed by atoms with Gasteiger partial charge in [0.1, 0.15) is 5.75 Å². The summed E-state index contributed by atoms with van der Waals surface area (Å²) in [6.45, 7) is 2.79. The SMILES string of the molecule is COc1ccc(Br)cc1CN(CCBr)Cc1ccccc1. The fraction of sp³-hybridized carbons (Fsp3) is 0.294. The summed E-state index contributed by atoms with van der Waals surface area (Å²) in [5, 5.41) is 0.955. The highest BCUT2D eigenvalue weighted by Gasteiger charge is 2.10. The summed E-state index contributed by atoms with van der Waals surface area (Å²) in [7, 11) is 1.72. The van der Waals surface area contributed by atoms with Gasteiger partial charge in [-0.3, -0.25) is 4.90 Å². The van der Waals surface area contributed by atoms with Gasteiger partial charge in [0.2, 0.25) is 0 Å². The molecule has 0 aliphatic carbocycles. The third kappa shape index (κ3) is 5.13. The molecule has 0 saturated heterocycles. The number of alkyl halides is 1. The molecule has 0 N–H and O–H groups in total. The van der Waals surface area contributed by atoms with Crippen LogP contribution in [0.25, 0.3) is 0 Å². The quantitative estimate of drug-likeness (QED) is 0.602. The molecule has 0 heterocycles. The maximum atomic E-state index is 5.47. The largest absolute Gasteiger partial charge is 0.496 e. The van der Waals surface area contributed by atoms with Crippen LogP contribution in [0.2, 0.25) is 0 Å². The number of ether oxygens (including phenoxy) is 1. The first kappa shape index (κ1) is 16.5. The van der Waals surface area contributed by atoms with Crippen LogP contribution in [0, 0.1) is 0 Å². The minimum Gasteiger partial charge on any atom is -0.496 e. The zero-order valence-corrected chi connectivity index (χ0v) is 15.2. The molecule has 4 heteroatoms. The summed E-state index contributed by atoms with van der Waals surface area (Å²) in [5.41, 5.74) is 2.52. The Morgan fingerprint density at radius 1 is 1.05 bits per heavy atom. The van der Waals surface area contributed by atoms with Gasteiger partial charge in [-0.05, 0) is 23.8 Å². The Labute approximate surface area is 143 Å². The molecule has 0 saturated carbocycles. The fourth-order valence-corrected chi connectivity index (χ4v) is 3.20. The van der Waals surface area contributed by atoms with Crippen molar-refractivity contribution in [2.75, 3.05) is 19.0 Å². The third-order valence-electron chi connectivity index (χ3n) is 3.29. The lowest BCUT2D eigenvalue weighted by atomic mass is 10.1. The average Bonchev–Trinajstić information content (AvgIpc) is 2.49. The molecule has 0 atom stereocenters. The van der Waals surface area contributed by atoms with Crippen LogP contribution in [0.15, 0.2) is 53.0 Å². The van der Waals surface area contributed by atoms with E-state index in [-0.39, 0.29) is 0 Å². The highest BCUT2D eigenvalue weighted by molar-refractivity contribution is 9.10. The van der Waals surface area contributed by atoms with Gasteiger partial charge in [-0.15, -0.1) is 0 Å². The van der Waals surface area contributed by atoms with Gasteiger partial charge in [0, 0.05) is 35.0 Å². The first-order chi connectivity index (χ1) is 10.2. The molecule has 2 rings (SSSR count). The Kier molecular flexibility index (Phi) is 6.74. The molecule has 21 heavy (non-hydrogen) atoms. The van der Waals surface area contributed by atoms with Gasteiger partial charge in [0.15, 0.2) is 0 Å². The van der Waals surface area contributed by atoms with E-state index in [9.17, 15) is 0 Å². The molecular formula is C17H19Br2NO. The number of halogens is 2. The first-order valence-electron chi connectivity index (χ1n) is 6.87. The fourth-order valence-electron chi connectivity index (χ4n) is 2.29. The van der Waals surface area contributed by atoms with Crippen LogP contribution in [-0.2, 0) is 13.1 Å². The monoisotopic (exact) mass is 411 g/mol. The Bertz CT molecular complexity index is 560. The van der Waals surface area contributed by atoms with Crippen molar-refractivity contribution in [2.45, 2.75) is 13.1 Å². The lowest BCUT2D eigenvalue weighted by Gasteiger charge is -2.23. The number of hydrogen-bond donors (Lipinski definition) is 0. The molecule has 0 fully saturated rings. The summed E-state index contributed by atoms with van der Waals surface area (Å²) in [6.07, 6.45) is 0. The number of hydrogen-bond acceptors (Lipinski definition) is 2. The average molecular weight is 413 g/mol. The molecule has 0 spiro atoms. The highest BCUT2D eigenvalue weighted by atomic mass is 79.9. The Hall–Kier alpha value is -0.840. The van der Waals surface area contributed by atoms with Crippen LogP contribution in [-0.4, -0.2) is 23.9 Å². The molecule has 112 valence electrons. The van der Waals surface area contributed by atoms with Crippen LogP contribution in [0.1, 0.15) is 11.1 Å². The molecule has 0 unspecified atom stereocenters. The van der Waals surface area contributed by atoms with Crippen LogP contribution in [0.4, 0.5) is 0 Å². The molecule has 0 aliphatic heterocycles. The Morgan fingerprint density at radius 2 is 1.81 bits per heavy atom. The standard InChI is InChI=1S/C17H19Br2NO/c1-21-17-8-7-16(19)11-15(17)13-20(10-9-18)12-14-5-3-2-4-6-14/h2-8,11H,9-10,12-13H2,1H3. The topological polar surface area (TPSA) is 12.5 Å². The second-order valence-electron chi connectivity index (χ2n) is 4.84. The molecule has 0 bridgehead atoms. The third-order valence-corrected chi connectivity index (χ3v) is 4.13. The predicted octanol–water partition coefficient (Wildman–Crippen LogP) is 4.85. The van der Waals surface area contributed by atoms with Gasteiger partial charge in [0.05, 0.1) is 7.11 Å². The minimum absolute atomic E-state index is 0.864. The lowest BCUT2D eigenvalue weighted by molar-refractivity contribution is 0.269. The van der Waals surface area contributed by atoms with Gasteiger partial charge in [0.25, 0.3) is 0 Å². The van der Waals surface area contributed by atoms with Gasteiger partial charge in [-0.25, -0.2) is 0 Å². The van der Waals surface area contributed by atoms with E-state index in [1.807, 2.05) is 12.1 Å². The Morgan fingerprint density at radius 3 is 2.48 bits per heavy atom. The van der Waals surface area contributed by atoms with Crippen molar-refractivity contribution >= 4 is 31.9 Å². The van der Waals surface area contributed by atoms with Crippen molar-refractivity contribution < 1.29 is 4.74 Å². The summed E-state index contributed by atoms with van der Waals surface area (Å²) in [6, 6.07) is 16.7. The van der Waals surface area contributed by atoms with E-state index in [0.29, 0.717) is 0 Å². The second-order valence-corrected chi connectivity index (χ2v) is 6.55. The lowest BCUT2D eigenvalue weighted by Crippen LogP contribution is -2.25. The maximum Gasteiger partial charge on any atom is 0.123 e.